The highest BCUT2D eigenvalue weighted by molar-refractivity contribution is 7.89. The fraction of sp³-hybridized carbons (Fsp3) is 0.364. The molecule has 0 heterocycles. The molecule has 4 nitrogen and oxygen atoms in total. The predicted octanol–water partition coefficient (Wildman–Crippen LogP) is 2.79. The van der Waals surface area contributed by atoms with Crippen molar-refractivity contribution in [1.82, 2.24) is 4.83 Å². The molecule has 0 radical (unpaired) electrons. The minimum Gasteiger partial charge on any atom is -0.200 e. The van der Waals surface area contributed by atoms with Gasteiger partial charge in [-0.3, -0.25) is 0 Å². The summed E-state index contributed by atoms with van der Waals surface area (Å²) in [6.07, 6.45) is 1.70. The van der Waals surface area contributed by atoms with Crippen molar-refractivity contribution in [3.05, 3.63) is 29.3 Å². The Hall–Kier alpha value is -1.07. The van der Waals surface area contributed by atoms with Gasteiger partial charge in [-0.05, 0) is 37.6 Å². The van der Waals surface area contributed by atoms with Crippen molar-refractivity contribution in [2.24, 2.45) is 5.10 Å². The molecule has 0 spiro atoms. The van der Waals surface area contributed by atoms with Gasteiger partial charge in [0.25, 0.3) is 10.0 Å². The van der Waals surface area contributed by atoms with Crippen LogP contribution in [0, 0.1) is 0 Å². The topological polar surface area (TPSA) is 58.5 Å². The van der Waals surface area contributed by atoms with Gasteiger partial charge in [0.2, 0.25) is 0 Å². The number of hydrogen-bond acceptors (Lipinski definition) is 3. The van der Waals surface area contributed by atoms with Gasteiger partial charge in [-0.25, -0.2) is 4.83 Å². The molecule has 0 aliphatic carbocycles. The molecule has 1 N–H and O–H groups in total. The monoisotopic (exact) mass is 274 g/mol. The molecular formula is C11H15ClN2O2S. The molecule has 94 valence electrons. The molecule has 0 fully saturated rings. The lowest BCUT2D eigenvalue weighted by atomic mass is 10.2. The number of sulfonamides is 1. The van der Waals surface area contributed by atoms with Gasteiger partial charge in [0.1, 0.15) is 0 Å². The summed E-state index contributed by atoms with van der Waals surface area (Å²) in [4.78, 5) is 2.34. The van der Waals surface area contributed by atoms with Crippen molar-refractivity contribution in [1.29, 1.82) is 0 Å². The molecule has 0 saturated heterocycles. The smallest absolute Gasteiger partial charge is 0.200 e. The normalized spacial score (nSPS) is 12.5. The average molecular weight is 275 g/mol. The summed E-state index contributed by atoms with van der Waals surface area (Å²) >= 11 is 5.69. The molecule has 1 rings (SSSR count). The van der Waals surface area contributed by atoms with Gasteiger partial charge in [-0.15, -0.1) is 0 Å². The van der Waals surface area contributed by atoms with Crippen LogP contribution in [0.5, 0.6) is 0 Å². The highest BCUT2D eigenvalue weighted by atomic mass is 35.5. The van der Waals surface area contributed by atoms with E-state index in [0.717, 1.165) is 18.6 Å². The molecule has 0 aromatic heterocycles. The van der Waals surface area contributed by atoms with Crippen molar-refractivity contribution < 1.29 is 8.42 Å². The molecular weight excluding hydrogens is 260 g/mol. The lowest BCUT2D eigenvalue weighted by Crippen LogP contribution is -2.19. The number of rotatable bonds is 5. The number of benzene rings is 1. The quantitative estimate of drug-likeness (QED) is 0.663. The van der Waals surface area contributed by atoms with E-state index in [1.165, 1.54) is 24.3 Å². The van der Waals surface area contributed by atoms with Crippen LogP contribution in [0.1, 0.15) is 26.7 Å². The minimum atomic E-state index is -3.59. The van der Waals surface area contributed by atoms with E-state index >= 15 is 0 Å². The molecule has 0 bridgehead atoms. The molecule has 17 heavy (non-hydrogen) atoms. The first kappa shape index (κ1) is 14.0. The number of hydrogen-bond donors (Lipinski definition) is 1. The molecule has 1 aromatic carbocycles. The lowest BCUT2D eigenvalue weighted by Gasteiger charge is -2.04. The van der Waals surface area contributed by atoms with E-state index in [9.17, 15) is 8.42 Å². The summed E-state index contributed by atoms with van der Waals surface area (Å²) in [7, 11) is -3.59. The van der Waals surface area contributed by atoms with Crippen LogP contribution in [0.15, 0.2) is 34.3 Å². The molecule has 0 aliphatic heterocycles. The Kier molecular flexibility index (Phi) is 4.96. The van der Waals surface area contributed by atoms with Gasteiger partial charge in [-0.1, -0.05) is 24.9 Å². The Balaban J connectivity index is 2.82. The average Bonchev–Trinajstić information content (AvgIpc) is 2.28. The Labute approximate surface area is 107 Å². The molecule has 0 amide bonds. The van der Waals surface area contributed by atoms with Crippen LogP contribution in [0.2, 0.25) is 5.02 Å². The fourth-order valence-corrected chi connectivity index (χ4v) is 2.22. The van der Waals surface area contributed by atoms with Crippen LogP contribution in [-0.4, -0.2) is 14.1 Å². The molecule has 0 saturated carbocycles. The Morgan fingerprint density at radius 3 is 2.47 bits per heavy atom. The Morgan fingerprint density at radius 1 is 1.35 bits per heavy atom. The largest absolute Gasteiger partial charge is 0.276 e. The Bertz CT molecular complexity index is 495. The highest BCUT2D eigenvalue weighted by Gasteiger charge is 2.12. The van der Waals surface area contributed by atoms with Crippen molar-refractivity contribution in [3.63, 3.8) is 0 Å². The summed E-state index contributed by atoms with van der Waals surface area (Å²) < 4.78 is 23.6. The first-order valence-electron chi connectivity index (χ1n) is 5.26. The third-order valence-corrected chi connectivity index (χ3v) is 3.57. The van der Waals surface area contributed by atoms with E-state index in [1.54, 1.807) is 6.92 Å². The zero-order valence-electron chi connectivity index (χ0n) is 9.77. The zero-order chi connectivity index (χ0) is 12.9. The number of hydrazone groups is 1. The summed E-state index contributed by atoms with van der Waals surface area (Å²) in [6, 6.07) is 5.93. The van der Waals surface area contributed by atoms with E-state index in [4.69, 9.17) is 11.6 Å². The molecule has 0 unspecified atom stereocenters. The fourth-order valence-electron chi connectivity index (χ4n) is 1.22. The van der Waals surface area contributed by atoms with E-state index < -0.39 is 10.0 Å². The summed E-state index contributed by atoms with van der Waals surface area (Å²) in [5, 5.41) is 4.33. The second-order valence-corrected chi connectivity index (χ2v) is 5.74. The standard InChI is InChI=1S/C11H15ClN2O2S/c1-3-4-9(2)13-14-17(15,16)11-7-5-10(12)6-8-11/h5-8,14H,3-4H2,1-2H3/b13-9+. The third kappa shape index (κ3) is 4.36. The van der Waals surface area contributed by atoms with Crippen molar-refractivity contribution in [2.45, 2.75) is 31.6 Å². The van der Waals surface area contributed by atoms with Crippen LogP contribution >= 0.6 is 11.6 Å². The van der Waals surface area contributed by atoms with E-state index in [2.05, 4.69) is 9.93 Å². The predicted molar refractivity (Wildman–Crippen MR) is 69.8 cm³/mol. The number of halogens is 1. The van der Waals surface area contributed by atoms with Crippen LogP contribution in [0.3, 0.4) is 0 Å². The van der Waals surface area contributed by atoms with Crippen LogP contribution < -0.4 is 4.83 Å². The third-order valence-electron chi connectivity index (χ3n) is 2.09. The molecule has 6 heteroatoms. The Morgan fingerprint density at radius 2 is 1.94 bits per heavy atom. The summed E-state index contributed by atoms with van der Waals surface area (Å²) in [5.41, 5.74) is 0.755. The zero-order valence-corrected chi connectivity index (χ0v) is 11.3. The number of nitrogens with zero attached hydrogens (tertiary/aromatic N) is 1. The SMILES string of the molecule is CCC/C(C)=N/NS(=O)(=O)c1ccc(Cl)cc1. The maximum Gasteiger partial charge on any atom is 0.276 e. The summed E-state index contributed by atoms with van der Waals surface area (Å²) in [5.74, 6) is 0. The van der Waals surface area contributed by atoms with Crippen molar-refractivity contribution >= 4 is 27.3 Å². The molecule has 0 aliphatic rings. The van der Waals surface area contributed by atoms with Gasteiger partial charge in [-0.2, -0.15) is 13.5 Å². The second kappa shape index (κ2) is 6.02. The van der Waals surface area contributed by atoms with Gasteiger partial charge in [0.05, 0.1) is 4.90 Å². The van der Waals surface area contributed by atoms with Crippen molar-refractivity contribution in [2.75, 3.05) is 0 Å². The summed E-state index contributed by atoms with van der Waals surface area (Å²) in [6.45, 7) is 3.79. The molecule has 1 aromatic rings. The molecule has 0 atom stereocenters. The van der Waals surface area contributed by atoms with E-state index in [0.29, 0.717) is 5.02 Å². The number of nitrogens with one attached hydrogen (secondary N) is 1. The van der Waals surface area contributed by atoms with Crippen LogP contribution in [0.25, 0.3) is 0 Å². The first-order chi connectivity index (χ1) is 7.95. The maximum absolute atomic E-state index is 11.8. The van der Waals surface area contributed by atoms with E-state index in [1.807, 2.05) is 6.92 Å². The van der Waals surface area contributed by atoms with Gasteiger partial charge in [0, 0.05) is 10.7 Å². The minimum absolute atomic E-state index is 0.148. The first-order valence-corrected chi connectivity index (χ1v) is 7.12. The highest BCUT2D eigenvalue weighted by Crippen LogP contribution is 2.13. The van der Waals surface area contributed by atoms with Gasteiger partial charge >= 0.3 is 0 Å². The second-order valence-electron chi connectivity index (χ2n) is 3.65. The van der Waals surface area contributed by atoms with Gasteiger partial charge in [0.15, 0.2) is 0 Å². The van der Waals surface area contributed by atoms with Crippen LogP contribution in [-0.2, 0) is 10.0 Å². The lowest BCUT2D eigenvalue weighted by molar-refractivity contribution is 0.584. The van der Waals surface area contributed by atoms with Crippen molar-refractivity contribution in [3.8, 4) is 0 Å². The van der Waals surface area contributed by atoms with Gasteiger partial charge < -0.3 is 0 Å². The van der Waals surface area contributed by atoms with E-state index in [-0.39, 0.29) is 4.90 Å². The van der Waals surface area contributed by atoms with Crippen LogP contribution in [0.4, 0.5) is 0 Å². The maximum atomic E-state index is 11.8.